The molecule has 2 aromatic carbocycles. The number of aliphatic hydroxyl groups is 1. The molecule has 0 amide bonds. The molecule has 7 nitrogen and oxygen atoms in total. The minimum atomic E-state index is -0.907. The number of hydrogen-bond donors (Lipinski definition) is 3. The highest BCUT2D eigenvalue weighted by molar-refractivity contribution is 5.88. The molecular weight excluding hydrogens is 538 g/mol. The number of unbranched alkanes of at least 4 members (excludes halogenated alkanes) is 1. The first kappa shape index (κ1) is 34.6. The Morgan fingerprint density at radius 3 is 2.26 bits per heavy atom. The summed E-state index contributed by atoms with van der Waals surface area (Å²) in [6.07, 6.45) is 3.99. The quantitative estimate of drug-likeness (QED) is 0.114. The molecule has 2 unspecified atom stereocenters. The predicted octanol–water partition coefficient (Wildman–Crippen LogP) is 7.07. The van der Waals surface area contributed by atoms with Crippen molar-refractivity contribution in [1.82, 2.24) is 4.57 Å². The molecule has 3 aromatic rings. The van der Waals surface area contributed by atoms with Crippen molar-refractivity contribution in [1.29, 1.82) is 0 Å². The number of aliphatic hydroxyl groups excluding tert-OH is 1. The van der Waals surface area contributed by atoms with Gasteiger partial charge >= 0.3 is 5.97 Å². The average molecular weight is 594 g/mol. The van der Waals surface area contributed by atoms with E-state index in [0.717, 1.165) is 24.2 Å². The van der Waals surface area contributed by atoms with Gasteiger partial charge < -0.3 is 30.6 Å². The maximum absolute atomic E-state index is 13.0. The minimum absolute atomic E-state index is 0.204. The van der Waals surface area contributed by atoms with Crippen molar-refractivity contribution in [2.24, 2.45) is 22.8 Å². The summed E-state index contributed by atoms with van der Waals surface area (Å²) >= 11 is 0. The number of aromatic nitrogens is 1. The largest absolute Gasteiger partial charge is 0.491 e. The molecule has 0 aliphatic heterocycles. The van der Waals surface area contributed by atoms with E-state index in [9.17, 15) is 9.90 Å². The van der Waals surface area contributed by atoms with Crippen molar-refractivity contribution in [3.05, 3.63) is 54.6 Å². The molecule has 0 aliphatic carbocycles. The smallest absolute Gasteiger partial charge is 0.313 e. The Kier molecular flexibility index (Phi) is 11.9. The Balaban J connectivity index is 1.54. The SMILES string of the molecule is CC(C)CCCn1c(-c2ccccc2)cc2ccc(OCC(O)CCCCOC(=O)C(C)(CC(C)(C)N)C(C)(C)N)cc21. The summed E-state index contributed by atoms with van der Waals surface area (Å²) in [6.45, 7) is 15.2. The maximum Gasteiger partial charge on any atom is 0.313 e. The van der Waals surface area contributed by atoms with Gasteiger partial charge in [0.15, 0.2) is 0 Å². The Morgan fingerprint density at radius 1 is 0.930 bits per heavy atom. The normalized spacial score (nSPS) is 14.6. The Labute approximate surface area is 258 Å². The zero-order valence-electron chi connectivity index (χ0n) is 27.5. The molecule has 238 valence electrons. The second-order valence-electron chi connectivity index (χ2n) is 14.1. The van der Waals surface area contributed by atoms with Gasteiger partial charge in [-0.2, -0.15) is 0 Å². The predicted molar refractivity (Wildman–Crippen MR) is 177 cm³/mol. The molecule has 7 heteroatoms. The zero-order chi connectivity index (χ0) is 31.8. The first-order chi connectivity index (χ1) is 20.1. The third-order valence-corrected chi connectivity index (χ3v) is 8.40. The Hall–Kier alpha value is -2.87. The van der Waals surface area contributed by atoms with Crippen molar-refractivity contribution in [2.45, 2.75) is 111 Å². The summed E-state index contributed by atoms with van der Waals surface area (Å²) in [4.78, 5) is 13.0. The standard InChI is InChI=1S/C36H55N3O4/c1-26(2)14-13-20-39-31(27-15-9-8-10-16-27)22-28-18-19-30(23-32(28)39)43-24-29(40)17-11-12-21-42-33(41)36(7,35(5,6)38)25-34(3,4)37/h8-10,15-16,18-19,22-23,26,29,40H,11-14,17,20-21,24-25,37-38H2,1-7H3. The number of hydrogen-bond acceptors (Lipinski definition) is 6. The van der Waals surface area contributed by atoms with Crippen molar-refractivity contribution in [2.75, 3.05) is 13.2 Å². The van der Waals surface area contributed by atoms with Gasteiger partial charge in [-0.25, -0.2) is 0 Å². The highest BCUT2D eigenvalue weighted by Gasteiger charge is 2.48. The van der Waals surface area contributed by atoms with E-state index in [4.69, 9.17) is 20.9 Å². The second kappa shape index (κ2) is 14.7. The molecule has 43 heavy (non-hydrogen) atoms. The Bertz CT molecular complexity index is 1300. The van der Waals surface area contributed by atoms with Crippen molar-refractivity contribution in [3.63, 3.8) is 0 Å². The van der Waals surface area contributed by atoms with Crippen LogP contribution in [0.15, 0.2) is 54.6 Å². The van der Waals surface area contributed by atoms with E-state index in [0.29, 0.717) is 31.6 Å². The van der Waals surface area contributed by atoms with E-state index in [1.54, 1.807) is 0 Å². The fourth-order valence-electron chi connectivity index (χ4n) is 5.63. The number of benzene rings is 2. The van der Waals surface area contributed by atoms with Gasteiger partial charge in [-0.3, -0.25) is 4.79 Å². The van der Waals surface area contributed by atoms with E-state index >= 15 is 0 Å². The highest BCUT2D eigenvalue weighted by Crippen LogP contribution is 2.38. The van der Waals surface area contributed by atoms with E-state index in [2.05, 4.69) is 60.9 Å². The third-order valence-electron chi connectivity index (χ3n) is 8.40. The number of nitrogens with zero attached hydrogens (tertiary/aromatic N) is 1. The number of rotatable bonds is 17. The van der Waals surface area contributed by atoms with E-state index < -0.39 is 22.6 Å². The van der Waals surface area contributed by atoms with Crippen LogP contribution in [0.2, 0.25) is 0 Å². The van der Waals surface area contributed by atoms with Crippen LogP contribution in [0.5, 0.6) is 5.75 Å². The molecule has 3 rings (SSSR count). The van der Waals surface area contributed by atoms with Crippen LogP contribution in [-0.4, -0.2) is 46.0 Å². The lowest BCUT2D eigenvalue weighted by molar-refractivity contribution is -0.160. The molecule has 0 bridgehead atoms. The van der Waals surface area contributed by atoms with Gasteiger partial charge in [-0.15, -0.1) is 0 Å². The van der Waals surface area contributed by atoms with Gasteiger partial charge in [0.2, 0.25) is 0 Å². The van der Waals surface area contributed by atoms with E-state index in [-0.39, 0.29) is 19.2 Å². The summed E-state index contributed by atoms with van der Waals surface area (Å²) < 4.78 is 14.1. The van der Waals surface area contributed by atoms with Crippen molar-refractivity contribution >= 4 is 16.9 Å². The van der Waals surface area contributed by atoms with Crippen molar-refractivity contribution in [3.8, 4) is 17.0 Å². The van der Waals surface area contributed by atoms with Gasteiger partial charge in [0.1, 0.15) is 12.4 Å². The summed E-state index contributed by atoms with van der Waals surface area (Å²) in [5, 5.41) is 11.8. The molecular formula is C36H55N3O4. The molecule has 0 spiro atoms. The lowest BCUT2D eigenvalue weighted by Crippen LogP contribution is -2.58. The van der Waals surface area contributed by atoms with Crippen LogP contribution < -0.4 is 16.2 Å². The van der Waals surface area contributed by atoms with E-state index in [1.165, 1.54) is 23.1 Å². The number of carbonyl (C=O) groups excluding carboxylic acids is 1. The third kappa shape index (κ3) is 9.82. The molecule has 2 atom stereocenters. The van der Waals surface area contributed by atoms with Gasteiger partial charge in [0.05, 0.1) is 23.6 Å². The fraction of sp³-hybridized carbons (Fsp3) is 0.583. The summed E-state index contributed by atoms with van der Waals surface area (Å²) in [7, 11) is 0. The number of nitrogens with two attached hydrogens (primary N) is 2. The fourth-order valence-corrected chi connectivity index (χ4v) is 5.63. The monoisotopic (exact) mass is 593 g/mol. The highest BCUT2D eigenvalue weighted by atomic mass is 16.5. The zero-order valence-corrected chi connectivity index (χ0v) is 27.5. The topological polar surface area (TPSA) is 113 Å². The van der Waals surface area contributed by atoms with Crippen LogP contribution in [0, 0.1) is 11.3 Å². The molecule has 0 saturated carbocycles. The van der Waals surface area contributed by atoms with Crippen LogP contribution in [0.1, 0.15) is 87.0 Å². The molecule has 0 aliphatic rings. The molecule has 1 aromatic heterocycles. The number of carbonyl (C=O) groups is 1. The first-order valence-electron chi connectivity index (χ1n) is 15.9. The summed E-state index contributed by atoms with van der Waals surface area (Å²) in [6, 6.07) is 18.9. The average Bonchev–Trinajstić information content (AvgIpc) is 3.28. The number of fused-ring (bicyclic) bond motifs is 1. The lowest BCUT2D eigenvalue weighted by Gasteiger charge is -2.42. The molecule has 1 heterocycles. The Morgan fingerprint density at radius 2 is 1.63 bits per heavy atom. The second-order valence-corrected chi connectivity index (χ2v) is 14.1. The number of esters is 1. The maximum atomic E-state index is 13.0. The summed E-state index contributed by atoms with van der Waals surface area (Å²) in [5.74, 6) is 1.08. The molecule has 0 radical (unpaired) electrons. The van der Waals surface area contributed by atoms with Crippen LogP contribution in [0.25, 0.3) is 22.2 Å². The van der Waals surface area contributed by atoms with Gasteiger partial charge in [-0.1, -0.05) is 44.2 Å². The van der Waals surface area contributed by atoms with Crippen molar-refractivity contribution < 1.29 is 19.4 Å². The van der Waals surface area contributed by atoms with Crippen LogP contribution in [0.4, 0.5) is 0 Å². The minimum Gasteiger partial charge on any atom is -0.491 e. The van der Waals surface area contributed by atoms with Gasteiger partial charge in [0, 0.05) is 34.8 Å². The molecule has 0 saturated heterocycles. The molecule has 5 N–H and O–H groups in total. The number of ether oxygens (including phenoxy) is 2. The van der Waals surface area contributed by atoms with E-state index in [1.807, 2.05) is 46.8 Å². The van der Waals surface area contributed by atoms with Gasteiger partial charge in [-0.05, 0) is 103 Å². The summed E-state index contributed by atoms with van der Waals surface area (Å²) in [5.41, 5.74) is 13.9. The number of aryl methyl sites for hydroxylation is 1. The molecule has 0 fully saturated rings. The van der Waals surface area contributed by atoms with Gasteiger partial charge in [0.25, 0.3) is 0 Å². The lowest BCUT2D eigenvalue weighted by atomic mass is 9.67. The van der Waals surface area contributed by atoms with Crippen LogP contribution in [-0.2, 0) is 16.1 Å². The van der Waals surface area contributed by atoms with Crippen LogP contribution >= 0.6 is 0 Å². The van der Waals surface area contributed by atoms with Crippen LogP contribution in [0.3, 0.4) is 0 Å². The first-order valence-corrected chi connectivity index (χ1v) is 15.9.